The van der Waals surface area contributed by atoms with E-state index in [-0.39, 0.29) is 23.9 Å². The highest BCUT2D eigenvalue weighted by molar-refractivity contribution is 7.89. The van der Waals surface area contributed by atoms with Crippen LogP contribution in [0.4, 0.5) is 5.69 Å². The van der Waals surface area contributed by atoms with Gasteiger partial charge in [0.25, 0.3) is 0 Å². The number of benzene rings is 2. The van der Waals surface area contributed by atoms with Crippen LogP contribution in [0.2, 0.25) is 0 Å². The predicted octanol–water partition coefficient (Wildman–Crippen LogP) is 2.03. The standard InChI is InChI=1S/C17H18N2O3S/c1-14-7-5-6-10-16(14)23(21,22)18-11-12-19(17(20)13-18)15-8-3-2-4-9-15/h2-10H,11-13H2,1H3. The van der Waals surface area contributed by atoms with E-state index in [2.05, 4.69) is 0 Å². The maximum absolute atomic E-state index is 12.8. The molecule has 1 heterocycles. The van der Waals surface area contributed by atoms with Crippen molar-refractivity contribution >= 4 is 21.6 Å². The molecule has 0 atom stereocenters. The molecular formula is C17H18N2O3S. The largest absolute Gasteiger partial charge is 0.310 e. The van der Waals surface area contributed by atoms with Gasteiger partial charge in [-0.3, -0.25) is 4.79 Å². The van der Waals surface area contributed by atoms with Crippen molar-refractivity contribution in [3.8, 4) is 0 Å². The zero-order valence-electron chi connectivity index (χ0n) is 12.8. The number of hydrogen-bond donors (Lipinski definition) is 0. The third-order valence-electron chi connectivity index (χ3n) is 3.96. The maximum Gasteiger partial charge on any atom is 0.243 e. The first-order chi connectivity index (χ1) is 11.0. The van der Waals surface area contributed by atoms with Crippen LogP contribution >= 0.6 is 0 Å². The van der Waals surface area contributed by atoms with Gasteiger partial charge in [0.2, 0.25) is 15.9 Å². The minimum Gasteiger partial charge on any atom is -0.310 e. The number of para-hydroxylation sites is 1. The molecule has 0 aliphatic carbocycles. The van der Waals surface area contributed by atoms with E-state index in [1.165, 1.54) is 4.31 Å². The molecule has 1 amide bonds. The number of carbonyl (C=O) groups is 1. The molecule has 0 N–H and O–H groups in total. The fourth-order valence-electron chi connectivity index (χ4n) is 2.72. The van der Waals surface area contributed by atoms with Crippen LogP contribution in [-0.2, 0) is 14.8 Å². The Bertz CT molecular complexity index is 819. The first-order valence-electron chi connectivity index (χ1n) is 7.41. The Morgan fingerprint density at radius 1 is 0.913 bits per heavy atom. The van der Waals surface area contributed by atoms with Crippen LogP contribution < -0.4 is 4.90 Å². The molecular weight excluding hydrogens is 312 g/mol. The summed E-state index contributed by atoms with van der Waals surface area (Å²) >= 11 is 0. The molecule has 0 bridgehead atoms. The van der Waals surface area contributed by atoms with Gasteiger partial charge in [-0.25, -0.2) is 8.42 Å². The number of amides is 1. The van der Waals surface area contributed by atoms with Crippen LogP contribution in [0, 0.1) is 6.92 Å². The molecule has 6 heteroatoms. The summed E-state index contributed by atoms with van der Waals surface area (Å²) in [5.74, 6) is -0.209. The first-order valence-corrected chi connectivity index (χ1v) is 8.85. The van der Waals surface area contributed by atoms with Crippen LogP contribution in [0.3, 0.4) is 0 Å². The van der Waals surface area contributed by atoms with Gasteiger partial charge in [-0.2, -0.15) is 4.31 Å². The number of anilines is 1. The predicted molar refractivity (Wildman–Crippen MR) is 88.7 cm³/mol. The molecule has 2 aromatic rings. The van der Waals surface area contributed by atoms with E-state index in [9.17, 15) is 13.2 Å². The summed E-state index contributed by atoms with van der Waals surface area (Å²) in [4.78, 5) is 14.3. The lowest BCUT2D eigenvalue weighted by molar-refractivity contribution is -0.119. The number of piperazine rings is 1. The van der Waals surface area contributed by atoms with Crippen LogP contribution in [0.15, 0.2) is 59.5 Å². The number of aryl methyl sites for hydroxylation is 1. The lowest BCUT2D eigenvalue weighted by atomic mass is 10.2. The fourth-order valence-corrected chi connectivity index (χ4v) is 4.33. The van der Waals surface area contributed by atoms with Crippen molar-refractivity contribution in [2.24, 2.45) is 0 Å². The Hall–Kier alpha value is -2.18. The van der Waals surface area contributed by atoms with Crippen molar-refractivity contribution in [2.45, 2.75) is 11.8 Å². The summed E-state index contributed by atoms with van der Waals surface area (Å²) in [7, 11) is -3.65. The normalized spacial score (nSPS) is 16.6. The zero-order chi connectivity index (χ0) is 16.4. The molecule has 1 aliphatic rings. The molecule has 5 nitrogen and oxygen atoms in total. The van der Waals surface area contributed by atoms with Gasteiger partial charge in [0.15, 0.2) is 0 Å². The lowest BCUT2D eigenvalue weighted by Gasteiger charge is -2.33. The van der Waals surface area contributed by atoms with E-state index in [1.807, 2.05) is 30.3 Å². The molecule has 0 aromatic heterocycles. The van der Waals surface area contributed by atoms with E-state index in [0.717, 1.165) is 5.69 Å². The zero-order valence-corrected chi connectivity index (χ0v) is 13.7. The Labute approximate surface area is 136 Å². The second kappa shape index (κ2) is 6.14. The topological polar surface area (TPSA) is 57.7 Å². The van der Waals surface area contributed by atoms with Crippen LogP contribution in [-0.4, -0.2) is 38.3 Å². The average molecular weight is 330 g/mol. The third kappa shape index (κ3) is 3.00. The molecule has 3 rings (SSSR count). The Morgan fingerprint density at radius 2 is 1.57 bits per heavy atom. The molecule has 0 unspecified atom stereocenters. The first kappa shape index (κ1) is 15.7. The third-order valence-corrected chi connectivity index (χ3v) is 5.97. The van der Waals surface area contributed by atoms with E-state index < -0.39 is 10.0 Å². The van der Waals surface area contributed by atoms with Gasteiger partial charge in [0.1, 0.15) is 0 Å². The van der Waals surface area contributed by atoms with Gasteiger partial charge in [-0.15, -0.1) is 0 Å². The molecule has 1 fully saturated rings. The van der Waals surface area contributed by atoms with E-state index in [4.69, 9.17) is 0 Å². The second-order valence-corrected chi connectivity index (χ2v) is 7.39. The number of sulfonamides is 1. The van der Waals surface area contributed by atoms with Crippen molar-refractivity contribution in [1.29, 1.82) is 0 Å². The molecule has 120 valence electrons. The summed E-state index contributed by atoms with van der Waals surface area (Å²) in [5.41, 5.74) is 1.48. The Balaban J connectivity index is 1.83. The Kier molecular flexibility index (Phi) is 4.19. The minimum atomic E-state index is -3.65. The number of carbonyl (C=O) groups excluding carboxylic acids is 1. The molecule has 0 spiro atoms. The summed E-state index contributed by atoms with van der Waals surface area (Å²) in [6, 6.07) is 16.1. The average Bonchev–Trinajstić information content (AvgIpc) is 2.56. The molecule has 2 aromatic carbocycles. The monoisotopic (exact) mass is 330 g/mol. The highest BCUT2D eigenvalue weighted by Crippen LogP contribution is 2.23. The van der Waals surface area contributed by atoms with Gasteiger partial charge in [0, 0.05) is 18.8 Å². The number of nitrogens with zero attached hydrogens (tertiary/aromatic N) is 2. The van der Waals surface area contributed by atoms with E-state index in [1.54, 1.807) is 36.1 Å². The SMILES string of the molecule is Cc1ccccc1S(=O)(=O)N1CCN(c2ccccc2)C(=O)C1. The van der Waals surface area contributed by atoms with E-state index in [0.29, 0.717) is 12.1 Å². The van der Waals surface area contributed by atoms with Crippen LogP contribution in [0.25, 0.3) is 0 Å². The fraction of sp³-hybridized carbons (Fsp3) is 0.235. The summed E-state index contributed by atoms with van der Waals surface area (Å²) in [6.07, 6.45) is 0. The second-order valence-electron chi connectivity index (χ2n) is 5.49. The summed E-state index contributed by atoms with van der Waals surface area (Å²) in [5, 5.41) is 0. The van der Waals surface area contributed by atoms with Crippen LogP contribution in [0.1, 0.15) is 5.56 Å². The summed E-state index contributed by atoms with van der Waals surface area (Å²) < 4.78 is 26.8. The van der Waals surface area contributed by atoms with Gasteiger partial charge >= 0.3 is 0 Å². The van der Waals surface area contributed by atoms with Crippen molar-refractivity contribution in [1.82, 2.24) is 4.31 Å². The molecule has 1 saturated heterocycles. The highest BCUT2D eigenvalue weighted by atomic mass is 32.2. The van der Waals surface area contributed by atoms with Crippen molar-refractivity contribution in [3.05, 3.63) is 60.2 Å². The quantitative estimate of drug-likeness (QED) is 0.865. The molecule has 0 radical (unpaired) electrons. The molecule has 1 aliphatic heterocycles. The van der Waals surface area contributed by atoms with Crippen molar-refractivity contribution in [3.63, 3.8) is 0 Å². The van der Waals surface area contributed by atoms with Gasteiger partial charge in [-0.05, 0) is 30.7 Å². The summed E-state index contributed by atoms with van der Waals surface area (Å²) in [6.45, 7) is 2.27. The van der Waals surface area contributed by atoms with Crippen LogP contribution in [0.5, 0.6) is 0 Å². The number of rotatable bonds is 3. The Morgan fingerprint density at radius 3 is 2.22 bits per heavy atom. The van der Waals surface area contributed by atoms with Gasteiger partial charge in [0.05, 0.1) is 11.4 Å². The molecule has 23 heavy (non-hydrogen) atoms. The van der Waals surface area contributed by atoms with Gasteiger partial charge in [-0.1, -0.05) is 36.4 Å². The lowest BCUT2D eigenvalue weighted by Crippen LogP contribution is -2.52. The molecule has 0 saturated carbocycles. The smallest absolute Gasteiger partial charge is 0.243 e. The minimum absolute atomic E-state index is 0.133. The highest BCUT2D eigenvalue weighted by Gasteiger charge is 2.33. The van der Waals surface area contributed by atoms with Gasteiger partial charge < -0.3 is 4.90 Å². The van der Waals surface area contributed by atoms with E-state index >= 15 is 0 Å². The van der Waals surface area contributed by atoms with Crippen molar-refractivity contribution in [2.75, 3.05) is 24.5 Å². The number of hydrogen-bond acceptors (Lipinski definition) is 3. The maximum atomic E-state index is 12.8. The van der Waals surface area contributed by atoms with Crippen molar-refractivity contribution < 1.29 is 13.2 Å².